The lowest BCUT2D eigenvalue weighted by atomic mass is 9.73. The third kappa shape index (κ3) is 3.81. The molecule has 0 bridgehead atoms. The average Bonchev–Trinajstić information content (AvgIpc) is 2.61. The quantitative estimate of drug-likeness (QED) is 0.297. The highest BCUT2D eigenvalue weighted by atomic mass is 32.2. The van der Waals surface area contributed by atoms with Gasteiger partial charge in [-0.1, -0.05) is 23.3 Å². The van der Waals surface area contributed by atoms with Gasteiger partial charge in [0, 0.05) is 24.3 Å². The Labute approximate surface area is 153 Å². The van der Waals surface area contributed by atoms with E-state index >= 15 is 0 Å². The van der Waals surface area contributed by atoms with Crippen molar-refractivity contribution in [2.24, 2.45) is 11.0 Å². The van der Waals surface area contributed by atoms with Crippen molar-refractivity contribution < 1.29 is 18.0 Å². The number of azide groups is 1. The number of Topliss-reactive ketones (excluding diaryl/α,β-unsaturated/α-hetero) is 2. The molecule has 140 valence electrons. The minimum absolute atomic E-state index is 0.0549. The molecule has 2 atom stereocenters. The van der Waals surface area contributed by atoms with E-state index in [0.29, 0.717) is 12.8 Å². The van der Waals surface area contributed by atoms with Gasteiger partial charge in [0.25, 0.3) is 0 Å². The van der Waals surface area contributed by atoms with Gasteiger partial charge in [0.15, 0.2) is 15.6 Å². The maximum absolute atomic E-state index is 13.5. The monoisotopic (exact) mass is 377 g/mol. The Morgan fingerprint density at radius 2 is 2.04 bits per heavy atom. The van der Waals surface area contributed by atoms with Crippen molar-refractivity contribution in [3.05, 3.63) is 40.8 Å². The first kappa shape index (κ1) is 20.1. The van der Waals surface area contributed by atoms with Crippen LogP contribution in [0.25, 0.3) is 10.4 Å². The number of ketones is 2. The molecular weight excluding hydrogens is 354 g/mol. The van der Waals surface area contributed by atoms with Gasteiger partial charge in [-0.3, -0.25) is 4.79 Å². The number of sulfone groups is 1. The number of nitrogens with zero attached hydrogens (tertiary/aromatic N) is 3. The summed E-state index contributed by atoms with van der Waals surface area (Å²) in [7, 11) is -3.99. The number of carbonyl (C=O) groups excluding carboxylic acids is 2. The Kier molecular flexibility index (Phi) is 6.56. The Morgan fingerprint density at radius 1 is 1.35 bits per heavy atom. The summed E-state index contributed by atoms with van der Waals surface area (Å²) in [4.78, 5) is 27.5. The van der Waals surface area contributed by atoms with Crippen LogP contribution in [0.3, 0.4) is 0 Å². The van der Waals surface area contributed by atoms with Crippen LogP contribution < -0.4 is 0 Å². The molecular formula is C18H23N3O4S. The summed E-state index contributed by atoms with van der Waals surface area (Å²) < 4.78 is 25.4. The highest BCUT2D eigenvalue weighted by Gasteiger charge is 2.56. The summed E-state index contributed by atoms with van der Waals surface area (Å²) in [5.41, 5.74) is 8.46. The zero-order chi connectivity index (χ0) is 19.2. The van der Waals surface area contributed by atoms with Crippen molar-refractivity contribution >= 4 is 21.4 Å². The molecule has 26 heavy (non-hydrogen) atoms. The fourth-order valence-corrected chi connectivity index (χ4v) is 6.30. The molecule has 8 heteroatoms. The molecule has 1 aliphatic carbocycles. The topological polar surface area (TPSA) is 117 Å². The largest absolute Gasteiger partial charge is 0.300 e. The van der Waals surface area contributed by atoms with Crippen molar-refractivity contribution in [2.75, 3.05) is 6.54 Å². The number of carbonyl (C=O) groups is 2. The zero-order valence-electron chi connectivity index (χ0n) is 14.8. The van der Waals surface area contributed by atoms with Crippen LogP contribution >= 0.6 is 0 Å². The Balaban J connectivity index is 2.57. The molecule has 0 heterocycles. The van der Waals surface area contributed by atoms with Crippen LogP contribution in [0.5, 0.6) is 0 Å². The number of benzene rings is 1. The summed E-state index contributed by atoms with van der Waals surface area (Å²) in [5.74, 6) is -1.02. The van der Waals surface area contributed by atoms with Crippen molar-refractivity contribution in [3.63, 3.8) is 0 Å². The molecule has 1 aromatic carbocycles. The second-order valence-corrected chi connectivity index (χ2v) is 8.89. The third-order valence-corrected chi connectivity index (χ3v) is 7.64. The summed E-state index contributed by atoms with van der Waals surface area (Å²) in [6, 6.07) is 7.92. The molecule has 2 rings (SSSR count). The Bertz CT molecular complexity index is 816. The molecule has 1 saturated carbocycles. The lowest BCUT2D eigenvalue weighted by molar-refractivity contribution is -0.126. The van der Waals surface area contributed by atoms with Gasteiger partial charge in [-0.05, 0) is 56.2 Å². The minimum atomic E-state index is -3.99. The van der Waals surface area contributed by atoms with Gasteiger partial charge in [0.2, 0.25) is 0 Å². The summed E-state index contributed by atoms with van der Waals surface area (Å²) in [5, 5.41) is 3.46. The molecule has 0 radical (unpaired) electrons. The van der Waals surface area contributed by atoms with E-state index in [1.165, 1.54) is 19.1 Å². The van der Waals surface area contributed by atoms with Crippen LogP contribution in [0, 0.1) is 5.92 Å². The van der Waals surface area contributed by atoms with Crippen LogP contribution in [0.2, 0.25) is 0 Å². The molecule has 1 aromatic rings. The summed E-state index contributed by atoms with van der Waals surface area (Å²) in [6.07, 6.45) is 1.66. The predicted octanol–water partition coefficient (Wildman–Crippen LogP) is 3.64. The minimum Gasteiger partial charge on any atom is -0.300 e. The van der Waals surface area contributed by atoms with Gasteiger partial charge in [-0.25, -0.2) is 8.42 Å². The van der Waals surface area contributed by atoms with Gasteiger partial charge in [0.1, 0.15) is 10.5 Å². The number of hydrogen-bond donors (Lipinski definition) is 0. The van der Waals surface area contributed by atoms with Crippen LogP contribution in [0.15, 0.2) is 40.3 Å². The molecule has 0 aliphatic heterocycles. The molecule has 0 N–H and O–H groups in total. The van der Waals surface area contributed by atoms with E-state index in [1.54, 1.807) is 18.2 Å². The first-order valence-electron chi connectivity index (χ1n) is 8.69. The summed E-state index contributed by atoms with van der Waals surface area (Å²) in [6.45, 7) is 1.53. The second-order valence-electron chi connectivity index (χ2n) is 6.68. The van der Waals surface area contributed by atoms with E-state index in [9.17, 15) is 18.0 Å². The average molecular weight is 377 g/mol. The third-order valence-electron chi connectivity index (χ3n) is 5.02. The van der Waals surface area contributed by atoms with Crippen molar-refractivity contribution in [3.8, 4) is 0 Å². The molecule has 7 nitrogen and oxygen atoms in total. The molecule has 0 saturated heterocycles. The van der Waals surface area contributed by atoms with Crippen molar-refractivity contribution in [1.29, 1.82) is 0 Å². The van der Waals surface area contributed by atoms with Crippen LogP contribution in [-0.4, -0.2) is 31.3 Å². The van der Waals surface area contributed by atoms with Crippen molar-refractivity contribution in [1.82, 2.24) is 0 Å². The maximum Gasteiger partial charge on any atom is 0.191 e. The molecule has 1 unspecified atom stereocenters. The highest BCUT2D eigenvalue weighted by Crippen LogP contribution is 2.45. The fraction of sp³-hybridized carbons (Fsp3) is 0.556. The van der Waals surface area contributed by atoms with Gasteiger partial charge in [0.05, 0.1) is 4.90 Å². The molecule has 0 amide bonds. The predicted molar refractivity (Wildman–Crippen MR) is 97.3 cm³/mol. The first-order chi connectivity index (χ1) is 12.4. The molecule has 1 fully saturated rings. The molecule has 0 aromatic heterocycles. The van der Waals surface area contributed by atoms with Crippen molar-refractivity contribution in [2.45, 2.75) is 55.1 Å². The van der Waals surface area contributed by atoms with Crippen LogP contribution in [0.4, 0.5) is 0 Å². The van der Waals surface area contributed by atoms with Gasteiger partial charge in [-0.15, -0.1) is 0 Å². The van der Waals surface area contributed by atoms with Gasteiger partial charge in [-0.2, -0.15) is 0 Å². The highest BCUT2D eigenvalue weighted by molar-refractivity contribution is 7.93. The lowest BCUT2D eigenvalue weighted by Gasteiger charge is -2.42. The van der Waals surface area contributed by atoms with E-state index in [2.05, 4.69) is 10.0 Å². The normalized spacial score (nSPS) is 23.3. The van der Waals surface area contributed by atoms with E-state index in [1.807, 2.05) is 0 Å². The standard InChI is InChI=1S/C18H23N3O4S/c1-14(22)13-15-7-5-10-17(23)18(15,11-6-12-20-21-19)26(24,25)16-8-3-2-4-9-16/h2-4,8-9,15H,5-7,10-13H2,1H3/t15?,18-/m0/s1. The van der Waals surface area contributed by atoms with Crippen LogP contribution in [0.1, 0.15) is 45.4 Å². The Morgan fingerprint density at radius 3 is 2.65 bits per heavy atom. The second kappa shape index (κ2) is 8.47. The molecule has 0 spiro atoms. The van der Waals surface area contributed by atoms with E-state index in [0.717, 1.165) is 0 Å². The SMILES string of the molecule is CC(=O)CC1CCCC(=O)[C@@]1(CCCN=[N+]=[N-])S(=O)(=O)c1ccccc1. The Hall–Kier alpha value is -2.18. The number of rotatable bonds is 8. The van der Waals surface area contributed by atoms with Gasteiger partial charge < -0.3 is 4.79 Å². The van der Waals surface area contributed by atoms with E-state index in [4.69, 9.17) is 5.53 Å². The molecule has 1 aliphatic rings. The van der Waals surface area contributed by atoms with Crippen LogP contribution in [-0.2, 0) is 19.4 Å². The van der Waals surface area contributed by atoms with Gasteiger partial charge >= 0.3 is 0 Å². The lowest BCUT2D eigenvalue weighted by Crippen LogP contribution is -2.55. The van der Waals surface area contributed by atoms with E-state index in [-0.39, 0.29) is 48.7 Å². The maximum atomic E-state index is 13.5. The zero-order valence-corrected chi connectivity index (χ0v) is 15.6. The fourth-order valence-electron chi connectivity index (χ4n) is 3.91. The first-order valence-corrected chi connectivity index (χ1v) is 10.2. The van der Waals surface area contributed by atoms with E-state index < -0.39 is 20.5 Å². The number of hydrogen-bond acceptors (Lipinski definition) is 5. The smallest absolute Gasteiger partial charge is 0.191 e. The summed E-state index contributed by atoms with van der Waals surface area (Å²) >= 11 is 0.